The molecule has 0 radical (unpaired) electrons. The quantitative estimate of drug-likeness (QED) is 0.367. The van der Waals surface area contributed by atoms with Crippen molar-refractivity contribution in [3.8, 4) is 5.75 Å². The molecule has 1 saturated heterocycles. The zero-order valence-electron chi connectivity index (χ0n) is 20.3. The van der Waals surface area contributed by atoms with E-state index < -0.39 is 0 Å². The van der Waals surface area contributed by atoms with Crippen molar-refractivity contribution in [3.05, 3.63) is 88.7 Å². The van der Waals surface area contributed by atoms with E-state index in [1.54, 1.807) is 0 Å². The van der Waals surface area contributed by atoms with Crippen molar-refractivity contribution in [2.45, 2.75) is 46.6 Å². The second-order valence-corrected chi connectivity index (χ2v) is 9.35. The number of amides is 1. The number of imidazole rings is 1. The van der Waals surface area contributed by atoms with Crippen LogP contribution in [0.3, 0.4) is 0 Å². The standard InChI is InChI=1S/C29H31N3O2/c1-19-12-13-27(21(3)16-19)34-15-14-31-26-10-6-5-9-24(26)30-29(31)23-17-28(33)32(18-23)25-11-7-8-20(2)22(25)4/h5-13,16,23H,14-15,17-18H2,1-4H3. The van der Waals surface area contributed by atoms with E-state index in [0.29, 0.717) is 26.1 Å². The van der Waals surface area contributed by atoms with Gasteiger partial charge in [-0.15, -0.1) is 0 Å². The molecule has 1 aromatic heterocycles. The Labute approximate surface area is 201 Å². The maximum Gasteiger partial charge on any atom is 0.227 e. The lowest BCUT2D eigenvalue weighted by Crippen LogP contribution is -2.25. The van der Waals surface area contributed by atoms with Crippen molar-refractivity contribution >= 4 is 22.6 Å². The summed E-state index contributed by atoms with van der Waals surface area (Å²) in [6.45, 7) is 10.2. The van der Waals surface area contributed by atoms with E-state index in [0.717, 1.165) is 39.4 Å². The van der Waals surface area contributed by atoms with Crippen LogP contribution < -0.4 is 9.64 Å². The van der Waals surface area contributed by atoms with Gasteiger partial charge in [-0.3, -0.25) is 4.79 Å². The van der Waals surface area contributed by atoms with Gasteiger partial charge in [-0.05, 0) is 68.7 Å². The van der Waals surface area contributed by atoms with Gasteiger partial charge in [0.1, 0.15) is 18.2 Å². The molecule has 0 N–H and O–H groups in total. The van der Waals surface area contributed by atoms with Gasteiger partial charge in [-0.1, -0.05) is 42.0 Å². The molecule has 1 amide bonds. The summed E-state index contributed by atoms with van der Waals surface area (Å²) >= 11 is 0. The smallest absolute Gasteiger partial charge is 0.227 e. The Balaban J connectivity index is 1.42. The summed E-state index contributed by atoms with van der Waals surface area (Å²) < 4.78 is 8.39. The fourth-order valence-corrected chi connectivity index (χ4v) is 4.99. The van der Waals surface area contributed by atoms with Crippen molar-refractivity contribution in [3.63, 3.8) is 0 Å². The summed E-state index contributed by atoms with van der Waals surface area (Å²) in [5, 5.41) is 0. The number of hydrogen-bond acceptors (Lipinski definition) is 3. The molecule has 1 aliphatic rings. The highest BCUT2D eigenvalue weighted by atomic mass is 16.5. The molecule has 0 aliphatic carbocycles. The van der Waals surface area contributed by atoms with Gasteiger partial charge in [0, 0.05) is 24.6 Å². The third kappa shape index (κ3) is 4.07. The molecule has 4 aromatic rings. The largest absolute Gasteiger partial charge is 0.491 e. The Bertz CT molecular complexity index is 1370. The van der Waals surface area contributed by atoms with E-state index in [-0.39, 0.29) is 11.8 Å². The molecule has 5 rings (SSSR count). The van der Waals surface area contributed by atoms with Crippen LogP contribution in [0, 0.1) is 27.7 Å². The number of carbonyl (C=O) groups excluding carboxylic acids is 1. The van der Waals surface area contributed by atoms with Gasteiger partial charge in [0.2, 0.25) is 5.91 Å². The zero-order chi connectivity index (χ0) is 23.8. The lowest BCUT2D eigenvalue weighted by molar-refractivity contribution is -0.117. The Kier molecular flexibility index (Phi) is 5.86. The minimum atomic E-state index is 0.0425. The van der Waals surface area contributed by atoms with Gasteiger partial charge in [0.05, 0.1) is 17.6 Å². The maximum absolute atomic E-state index is 13.1. The molecule has 34 heavy (non-hydrogen) atoms. The Morgan fingerprint density at radius 3 is 2.62 bits per heavy atom. The van der Waals surface area contributed by atoms with Crippen molar-refractivity contribution in [2.75, 3.05) is 18.1 Å². The number of hydrogen-bond donors (Lipinski definition) is 0. The molecule has 0 spiro atoms. The van der Waals surface area contributed by atoms with Crippen LogP contribution in [0.4, 0.5) is 5.69 Å². The maximum atomic E-state index is 13.1. The van der Waals surface area contributed by atoms with Crippen molar-refractivity contribution < 1.29 is 9.53 Å². The Hall–Kier alpha value is -3.60. The van der Waals surface area contributed by atoms with Crippen molar-refractivity contribution in [1.29, 1.82) is 0 Å². The van der Waals surface area contributed by atoms with E-state index >= 15 is 0 Å². The summed E-state index contributed by atoms with van der Waals surface area (Å²) in [6, 6.07) is 20.6. The number of fused-ring (bicyclic) bond motifs is 1. The SMILES string of the molecule is Cc1ccc(OCCn2c(C3CC(=O)N(c4cccc(C)c4C)C3)nc3ccccc32)c(C)c1. The van der Waals surface area contributed by atoms with Crippen LogP contribution in [0.25, 0.3) is 11.0 Å². The van der Waals surface area contributed by atoms with Crippen molar-refractivity contribution in [1.82, 2.24) is 9.55 Å². The predicted octanol–water partition coefficient (Wildman–Crippen LogP) is 5.87. The molecular formula is C29H31N3O2. The first kappa shape index (κ1) is 22.2. The molecular weight excluding hydrogens is 422 g/mol. The van der Waals surface area contributed by atoms with Crippen LogP contribution >= 0.6 is 0 Å². The van der Waals surface area contributed by atoms with Crippen LogP contribution in [-0.4, -0.2) is 28.6 Å². The number of carbonyl (C=O) groups is 1. The summed E-state index contributed by atoms with van der Waals surface area (Å²) in [7, 11) is 0. The molecule has 1 aliphatic heterocycles. The van der Waals surface area contributed by atoms with E-state index in [9.17, 15) is 4.79 Å². The van der Waals surface area contributed by atoms with Crippen molar-refractivity contribution in [2.24, 2.45) is 0 Å². The normalized spacial score (nSPS) is 15.9. The minimum absolute atomic E-state index is 0.0425. The molecule has 1 fully saturated rings. The van der Waals surface area contributed by atoms with Crippen LogP contribution in [0.2, 0.25) is 0 Å². The van der Waals surface area contributed by atoms with Crippen LogP contribution in [0.1, 0.15) is 40.4 Å². The first-order chi connectivity index (χ1) is 16.4. The fourth-order valence-electron chi connectivity index (χ4n) is 4.99. The molecule has 0 bridgehead atoms. The van der Waals surface area contributed by atoms with Gasteiger partial charge < -0.3 is 14.2 Å². The van der Waals surface area contributed by atoms with Gasteiger partial charge in [-0.2, -0.15) is 0 Å². The van der Waals surface area contributed by atoms with Crippen LogP contribution in [0.5, 0.6) is 5.75 Å². The number of aryl methyl sites for hydroxylation is 3. The number of para-hydroxylation sites is 2. The van der Waals surface area contributed by atoms with E-state index in [4.69, 9.17) is 9.72 Å². The van der Waals surface area contributed by atoms with Gasteiger partial charge in [0.25, 0.3) is 0 Å². The van der Waals surface area contributed by atoms with Gasteiger partial charge in [-0.25, -0.2) is 4.98 Å². The zero-order valence-corrected chi connectivity index (χ0v) is 20.3. The van der Waals surface area contributed by atoms with E-state index in [2.05, 4.69) is 56.5 Å². The highest BCUT2D eigenvalue weighted by Gasteiger charge is 2.35. The molecule has 5 nitrogen and oxygen atoms in total. The number of benzene rings is 3. The number of anilines is 1. The minimum Gasteiger partial charge on any atom is -0.491 e. The second kappa shape index (κ2) is 8.98. The highest BCUT2D eigenvalue weighted by molar-refractivity contribution is 5.97. The average Bonchev–Trinajstić information content (AvgIpc) is 3.38. The lowest BCUT2D eigenvalue weighted by Gasteiger charge is -2.20. The topological polar surface area (TPSA) is 47.4 Å². The number of rotatable bonds is 6. The monoisotopic (exact) mass is 453 g/mol. The van der Waals surface area contributed by atoms with E-state index in [1.807, 2.05) is 41.3 Å². The Morgan fingerprint density at radius 2 is 1.79 bits per heavy atom. The number of ether oxygens (including phenoxy) is 1. The average molecular weight is 454 g/mol. The summed E-state index contributed by atoms with van der Waals surface area (Å²) in [4.78, 5) is 20.0. The first-order valence-electron chi connectivity index (χ1n) is 11.9. The molecule has 1 unspecified atom stereocenters. The molecule has 3 aromatic carbocycles. The Morgan fingerprint density at radius 1 is 0.971 bits per heavy atom. The summed E-state index contributed by atoms with van der Waals surface area (Å²) in [5.74, 6) is 2.07. The third-order valence-electron chi connectivity index (χ3n) is 6.94. The molecule has 174 valence electrons. The highest BCUT2D eigenvalue weighted by Crippen LogP contribution is 2.35. The fraction of sp³-hybridized carbons (Fsp3) is 0.310. The first-order valence-corrected chi connectivity index (χ1v) is 11.9. The predicted molar refractivity (Wildman–Crippen MR) is 137 cm³/mol. The lowest BCUT2D eigenvalue weighted by atomic mass is 10.1. The number of aromatic nitrogens is 2. The molecule has 0 saturated carbocycles. The summed E-state index contributed by atoms with van der Waals surface area (Å²) in [6.07, 6.45) is 0.467. The second-order valence-electron chi connectivity index (χ2n) is 9.35. The molecule has 2 heterocycles. The van der Waals surface area contributed by atoms with Gasteiger partial charge >= 0.3 is 0 Å². The van der Waals surface area contributed by atoms with Crippen LogP contribution in [0.15, 0.2) is 60.7 Å². The van der Waals surface area contributed by atoms with Crippen LogP contribution in [-0.2, 0) is 11.3 Å². The van der Waals surface area contributed by atoms with Gasteiger partial charge in [0.15, 0.2) is 0 Å². The molecule has 1 atom stereocenters. The molecule has 5 heteroatoms. The van der Waals surface area contributed by atoms with E-state index in [1.165, 1.54) is 11.1 Å². The number of nitrogens with zero attached hydrogens (tertiary/aromatic N) is 3. The third-order valence-corrected chi connectivity index (χ3v) is 6.94. The summed E-state index contributed by atoms with van der Waals surface area (Å²) in [5.41, 5.74) is 7.78.